The molecule has 1 aliphatic rings. The van der Waals surface area contributed by atoms with Gasteiger partial charge in [0.05, 0.1) is 0 Å². The summed E-state index contributed by atoms with van der Waals surface area (Å²) in [5, 5.41) is 2.84. The van der Waals surface area contributed by atoms with Crippen molar-refractivity contribution in [2.45, 2.75) is 25.3 Å². The third-order valence-electron chi connectivity index (χ3n) is 3.26. The Morgan fingerprint density at radius 1 is 1.35 bits per heavy atom. The summed E-state index contributed by atoms with van der Waals surface area (Å²) in [6.07, 6.45) is 3.45. The molecular formula is C15H23ClN2O2. The van der Waals surface area contributed by atoms with Gasteiger partial charge in [0.1, 0.15) is 6.04 Å². The van der Waals surface area contributed by atoms with Crippen molar-refractivity contribution in [3.05, 3.63) is 35.9 Å². The molecule has 1 unspecified atom stereocenters. The fourth-order valence-corrected chi connectivity index (χ4v) is 1.84. The molecule has 0 saturated heterocycles. The molecule has 0 aliphatic heterocycles. The van der Waals surface area contributed by atoms with Crippen LogP contribution in [0.15, 0.2) is 30.3 Å². The Labute approximate surface area is 126 Å². The van der Waals surface area contributed by atoms with E-state index in [-0.39, 0.29) is 18.3 Å². The van der Waals surface area contributed by atoms with Crippen molar-refractivity contribution in [3.8, 4) is 0 Å². The number of rotatable bonds is 8. The Kier molecular flexibility index (Phi) is 7.59. The molecule has 5 heteroatoms. The van der Waals surface area contributed by atoms with E-state index in [4.69, 9.17) is 10.5 Å². The van der Waals surface area contributed by atoms with Crippen molar-refractivity contribution >= 4 is 18.3 Å². The maximum Gasteiger partial charge on any atom is 0.241 e. The molecule has 1 aromatic carbocycles. The summed E-state index contributed by atoms with van der Waals surface area (Å²) in [4.78, 5) is 11.8. The number of ether oxygens (including phenoxy) is 1. The Hall–Kier alpha value is -1.10. The zero-order valence-corrected chi connectivity index (χ0v) is 12.4. The molecule has 1 aromatic rings. The van der Waals surface area contributed by atoms with Crippen LogP contribution in [0.3, 0.4) is 0 Å². The van der Waals surface area contributed by atoms with Gasteiger partial charge in [-0.3, -0.25) is 4.79 Å². The minimum absolute atomic E-state index is 0. The number of amides is 1. The molecule has 20 heavy (non-hydrogen) atoms. The van der Waals surface area contributed by atoms with Crippen LogP contribution < -0.4 is 11.1 Å². The molecule has 112 valence electrons. The lowest BCUT2D eigenvalue weighted by molar-refractivity contribution is -0.122. The smallest absolute Gasteiger partial charge is 0.241 e. The normalized spacial score (nSPS) is 15.2. The molecule has 1 aliphatic carbocycles. The first kappa shape index (κ1) is 17.0. The molecule has 0 aromatic heterocycles. The number of nitrogens with one attached hydrogen (secondary N) is 1. The van der Waals surface area contributed by atoms with Crippen LogP contribution in [0, 0.1) is 5.92 Å². The van der Waals surface area contributed by atoms with Gasteiger partial charge in [0.25, 0.3) is 0 Å². The highest BCUT2D eigenvalue weighted by atomic mass is 35.5. The molecule has 0 spiro atoms. The van der Waals surface area contributed by atoms with Gasteiger partial charge in [0, 0.05) is 19.8 Å². The summed E-state index contributed by atoms with van der Waals surface area (Å²) < 4.78 is 5.50. The van der Waals surface area contributed by atoms with Crippen LogP contribution in [0.25, 0.3) is 0 Å². The summed E-state index contributed by atoms with van der Waals surface area (Å²) in [5.41, 5.74) is 6.72. The van der Waals surface area contributed by atoms with E-state index in [0.717, 1.165) is 24.5 Å². The van der Waals surface area contributed by atoms with Crippen molar-refractivity contribution in [2.24, 2.45) is 11.7 Å². The van der Waals surface area contributed by atoms with Gasteiger partial charge in [-0.25, -0.2) is 0 Å². The van der Waals surface area contributed by atoms with Gasteiger partial charge in [-0.1, -0.05) is 30.3 Å². The first-order valence-electron chi connectivity index (χ1n) is 6.93. The van der Waals surface area contributed by atoms with E-state index >= 15 is 0 Å². The Bertz CT molecular complexity index is 396. The monoisotopic (exact) mass is 298 g/mol. The quantitative estimate of drug-likeness (QED) is 0.722. The third kappa shape index (κ3) is 5.90. The molecule has 2 rings (SSSR count). The van der Waals surface area contributed by atoms with Crippen molar-refractivity contribution in [1.82, 2.24) is 5.32 Å². The summed E-state index contributed by atoms with van der Waals surface area (Å²) in [5.74, 6) is 0.662. The van der Waals surface area contributed by atoms with Crippen molar-refractivity contribution in [2.75, 3.05) is 19.8 Å². The van der Waals surface area contributed by atoms with E-state index in [0.29, 0.717) is 13.2 Å². The van der Waals surface area contributed by atoms with Crippen molar-refractivity contribution < 1.29 is 9.53 Å². The van der Waals surface area contributed by atoms with Crippen molar-refractivity contribution in [1.29, 1.82) is 0 Å². The Balaban J connectivity index is 0.00000200. The SMILES string of the molecule is Cl.NC(C(=O)NCCCOCC1CC1)c1ccccc1. The second kappa shape index (κ2) is 8.95. The van der Waals surface area contributed by atoms with Crippen LogP contribution >= 0.6 is 12.4 Å². The maximum atomic E-state index is 11.8. The molecule has 1 amide bonds. The van der Waals surface area contributed by atoms with Gasteiger partial charge in [-0.05, 0) is 30.7 Å². The van der Waals surface area contributed by atoms with Crippen molar-refractivity contribution in [3.63, 3.8) is 0 Å². The average molecular weight is 299 g/mol. The fraction of sp³-hybridized carbons (Fsp3) is 0.533. The van der Waals surface area contributed by atoms with E-state index in [2.05, 4.69) is 5.32 Å². The highest BCUT2D eigenvalue weighted by Gasteiger charge is 2.20. The van der Waals surface area contributed by atoms with E-state index < -0.39 is 6.04 Å². The number of hydrogen-bond donors (Lipinski definition) is 2. The topological polar surface area (TPSA) is 64.4 Å². The largest absolute Gasteiger partial charge is 0.381 e. The first-order valence-corrected chi connectivity index (χ1v) is 6.93. The van der Waals surface area contributed by atoms with E-state index in [1.165, 1.54) is 12.8 Å². The maximum absolute atomic E-state index is 11.8. The number of carbonyl (C=O) groups excluding carboxylic acids is 1. The summed E-state index contributed by atoms with van der Waals surface area (Å²) in [6.45, 7) is 2.19. The standard InChI is InChI=1S/C15H22N2O2.ClH/c16-14(13-5-2-1-3-6-13)15(18)17-9-4-10-19-11-12-7-8-12;/h1-3,5-6,12,14H,4,7-11,16H2,(H,17,18);1H. The molecular weight excluding hydrogens is 276 g/mol. The van der Waals surface area contributed by atoms with Gasteiger partial charge in [-0.15, -0.1) is 12.4 Å². The predicted molar refractivity (Wildman–Crippen MR) is 81.8 cm³/mol. The second-order valence-electron chi connectivity index (χ2n) is 5.05. The molecule has 0 heterocycles. The first-order chi connectivity index (χ1) is 9.27. The molecule has 1 atom stereocenters. The highest BCUT2D eigenvalue weighted by molar-refractivity contribution is 5.85. The number of nitrogens with two attached hydrogens (primary N) is 1. The average Bonchev–Trinajstić information content (AvgIpc) is 3.26. The molecule has 0 bridgehead atoms. The van der Waals surface area contributed by atoms with Crippen LogP contribution in [-0.2, 0) is 9.53 Å². The number of halogens is 1. The highest BCUT2D eigenvalue weighted by Crippen LogP contribution is 2.28. The third-order valence-corrected chi connectivity index (χ3v) is 3.26. The Morgan fingerprint density at radius 2 is 2.05 bits per heavy atom. The van der Waals surface area contributed by atoms with Crippen LogP contribution in [0.5, 0.6) is 0 Å². The van der Waals surface area contributed by atoms with Crippen LogP contribution in [0.2, 0.25) is 0 Å². The van der Waals surface area contributed by atoms with Gasteiger partial charge < -0.3 is 15.8 Å². The lowest BCUT2D eigenvalue weighted by Gasteiger charge is -2.12. The number of hydrogen-bond acceptors (Lipinski definition) is 3. The molecule has 1 saturated carbocycles. The zero-order chi connectivity index (χ0) is 13.5. The zero-order valence-electron chi connectivity index (χ0n) is 11.6. The van der Waals surface area contributed by atoms with E-state index in [9.17, 15) is 4.79 Å². The lowest BCUT2D eigenvalue weighted by Crippen LogP contribution is -2.34. The van der Waals surface area contributed by atoms with Crippen LogP contribution in [0.4, 0.5) is 0 Å². The lowest BCUT2D eigenvalue weighted by atomic mass is 10.1. The van der Waals surface area contributed by atoms with Gasteiger partial charge in [0.2, 0.25) is 5.91 Å². The molecule has 3 N–H and O–H groups in total. The molecule has 4 nitrogen and oxygen atoms in total. The summed E-state index contributed by atoms with van der Waals surface area (Å²) in [7, 11) is 0. The van der Waals surface area contributed by atoms with E-state index in [1.807, 2.05) is 30.3 Å². The molecule has 1 fully saturated rings. The van der Waals surface area contributed by atoms with Gasteiger partial charge in [-0.2, -0.15) is 0 Å². The minimum atomic E-state index is -0.589. The summed E-state index contributed by atoms with van der Waals surface area (Å²) >= 11 is 0. The van der Waals surface area contributed by atoms with Gasteiger partial charge in [0.15, 0.2) is 0 Å². The van der Waals surface area contributed by atoms with E-state index in [1.54, 1.807) is 0 Å². The fourth-order valence-electron chi connectivity index (χ4n) is 1.84. The number of benzene rings is 1. The summed E-state index contributed by atoms with van der Waals surface area (Å²) in [6, 6.07) is 8.81. The minimum Gasteiger partial charge on any atom is -0.381 e. The second-order valence-corrected chi connectivity index (χ2v) is 5.05. The molecule has 0 radical (unpaired) electrons. The number of carbonyl (C=O) groups is 1. The van der Waals surface area contributed by atoms with Crippen LogP contribution in [-0.4, -0.2) is 25.7 Å². The Morgan fingerprint density at radius 3 is 2.70 bits per heavy atom. The van der Waals surface area contributed by atoms with Gasteiger partial charge >= 0.3 is 0 Å². The van der Waals surface area contributed by atoms with Crippen LogP contribution in [0.1, 0.15) is 30.9 Å². The predicted octanol–water partition coefficient (Wildman–Crippen LogP) is 2.04.